The summed E-state index contributed by atoms with van der Waals surface area (Å²) < 4.78 is 0. The summed E-state index contributed by atoms with van der Waals surface area (Å²) in [6, 6.07) is 6.54. The van der Waals surface area contributed by atoms with Crippen LogP contribution in [0.4, 0.5) is 0 Å². The third-order valence-electron chi connectivity index (χ3n) is 3.33. The Morgan fingerprint density at radius 1 is 1.38 bits per heavy atom. The largest absolute Gasteiger partial charge is 0.328 e. The van der Waals surface area contributed by atoms with Gasteiger partial charge in [0.25, 0.3) is 0 Å². The third-order valence-corrected chi connectivity index (χ3v) is 3.57. The Hall–Kier alpha value is -0.570. The zero-order valence-electron chi connectivity index (χ0n) is 9.75. The molecule has 0 saturated carbocycles. The van der Waals surface area contributed by atoms with E-state index in [9.17, 15) is 0 Å². The molecule has 1 aliphatic heterocycles. The van der Waals surface area contributed by atoms with E-state index in [4.69, 9.17) is 17.3 Å². The fraction of sp³-hybridized carbons (Fsp3) is 0.538. The van der Waals surface area contributed by atoms with Crippen molar-refractivity contribution in [2.45, 2.75) is 32.4 Å². The Bertz CT molecular complexity index is 357. The first-order valence-electron chi connectivity index (χ1n) is 5.88. The first-order chi connectivity index (χ1) is 7.65. The van der Waals surface area contributed by atoms with Crippen LogP contribution in [0.2, 0.25) is 5.02 Å². The van der Waals surface area contributed by atoms with E-state index in [0.717, 1.165) is 37.5 Å². The lowest BCUT2D eigenvalue weighted by atomic mass is 10.0. The molecule has 0 atom stereocenters. The molecule has 0 bridgehead atoms. The minimum absolute atomic E-state index is 0.405. The quantitative estimate of drug-likeness (QED) is 0.858. The Morgan fingerprint density at radius 3 is 2.69 bits per heavy atom. The molecule has 3 heteroatoms. The van der Waals surface area contributed by atoms with Gasteiger partial charge >= 0.3 is 0 Å². The van der Waals surface area contributed by atoms with Gasteiger partial charge in [-0.3, -0.25) is 4.90 Å². The molecule has 1 heterocycles. The molecular formula is C13H19ClN2. The first kappa shape index (κ1) is 11.9. The fourth-order valence-electron chi connectivity index (χ4n) is 2.19. The summed E-state index contributed by atoms with van der Waals surface area (Å²) in [4.78, 5) is 2.47. The number of halogens is 1. The summed E-state index contributed by atoms with van der Waals surface area (Å²) in [7, 11) is 0. The molecule has 0 spiro atoms. The average Bonchev–Trinajstić information content (AvgIpc) is 2.25. The number of nitrogens with zero attached hydrogens (tertiary/aromatic N) is 1. The molecule has 0 aliphatic carbocycles. The van der Waals surface area contributed by atoms with Gasteiger partial charge in [-0.15, -0.1) is 0 Å². The highest BCUT2D eigenvalue weighted by Gasteiger charge is 2.16. The van der Waals surface area contributed by atoms with E-state index in [0.29, 0.717) is 6.04 Å². The number of hydrogen-bond donors (Lipinski definition) is 1. The molecule has 1 aliphatic rings. The lowest BCUT2D eigenvalue weighted by Crippen LogP contribution is -2.39. The maximum atomic E-state index is 5.95. The highest BCUT2D eigenvalue weighted by Crippen LogP contribution is 2.18. The minimum atomic E-state index is 0.405. The van der Waals surface area contributed by atoms with Crippen LogP contribution in [0.1, 0.15) is 24.0 Å². The highest BCUT2D eigenvalue weighted by atomic mass is 35.5. The number of benzene rings is 1. The molecule has 1 fully saturated rings. The molecule has 1 aromatic rings. The van der Waals surface area contributed by atoms with Crippen molar-refractivity contribution in [1.82, 2.24) is 4.90 Å². The number of rotatable bonds is 2. The smallest absolute Gasteiger partial charge is 0.0408 e. The number of nitrogens with two attached hydrogens (primary N) is 1. The molecule has 0 radical (unpaired) electrons. The van der Waals surface area contributed by atoms with Gasteiger partial charge in [-0.1, -0.05) is 17.7 Å². The van der Waals surface area contributed by atoms with Crippen LogP contribution in [0.3, 0.4) is 0 Å². The minimum Gasteiger partial charge on any atom is -0.328 e. The Balaban J connectivity index is 1.98. The number of aryl methyl sites for hydroxylation is 1. The van der Waals surface area contributed by atoms with Crippen LogP contribution in [0.5, 0.6) is 0 Å². The standard InChI is InChI=1S/C13H19ClN2/c1-10-8-12(14)3-2-11(10)9-16-6-4-13(15)5-7-16/h2-3,8,13H,4-7,9,15H2,1H3. The molecule has 1 saturated heterocycles. The molecular weight excluding hydrogens is 220 g/mol. The van der Waals surface area contributed by atoms with Gasteiger partial charge in [0.1, 0.15) is 0 Å². The van der Waals surface area contributed by atoms with E-state index in [1.165, 1.54) is 11.1 Å². The van der Waals surface area contributed by atoms with Crippen molar-refractivity contribution < 1.29 is 0 Å². The third kappa shape index (κ3) is 2.97. The van der Waals surface area contributed by atoms with Crippen LogP contribution in [-0.2, 0) is 6.54 Å². The Kier molecular flexibility index (Phi) is 3.85. The van der Waals surface area contributed by atoms with Crippen molar-refractivity contribution in [3.8, 4) is 0 Å². The number of likely N-dealkylation sites (tertiary alicyclic amines) is 1. The van der Waals surface area contributed by atoms with Crippen LogP contribution in [0.15, 0.2) is 18.2 Å². The zero-order chi connectivity index (χ0) is 11.5. The van der Waals surface area contributed by atoms with E-state index in [-0.39, 0.29) is 0 Å². The number of piperidine rings is 1. The summed E-state index contributed by atoms with van der Waals surface area (Å²) in [6.07, 6.45) is 2.24. The van der Waals surface area contributed by atoms with Crippen LogP contribution >= 0.6 is 11.6 Å². The lowest BCUT2D eigenvalue weighted by molar-refractivity contribution is 0.205. The molecule has 0 aromatic heterocycles. The predicted octanol–water partition coefficient (Wildman–Crippen LogP) is 2.57. The van der Waals surface area contributed by atoms with Gasteiger partial charge in [-0.2, -0.15) is 0 Å². The van der Waals surface area contributed by atoms with Gasteiger partial charge < -0.3 is 5.73 Å². The van der Waals surface area contributed by atoms with Crippen LogP contribution < -0.4 is 5.73 Å². The van der Waals surface area contributed by atoms with Crippen LogP contribution in [0, 0.1) is 6.92 Å². The summed E-state index contributed by atoms with van der Waals surface area (Å²) >= 11 is 5.95. The maximum absolute atomic E-state index is 5.95. The predicted molar refractivity (Wildman–Crippen MR) is 68.7 cm³/mol. The SMILES string of the molecule is Cc1cc(Cl)ccc1CN1CCC(N)CC1. The van der Waals surface area contributed by atoms with Gasteiger partial charge in [-0.05, 0) is 56.1 Å². The van der Waals surface area contributed by atoms with E-state index in [2.05, 4.69) is 17.9 Å². The fourth-order valence-corrected chi connectivity index (χ4v) is 2.42. The second kappa shape index (κ2) is 5.17. The highest BCUT2D eigenvalue weighted by molar-refractivity contribution is 6.30. The normalized spacial score (nSPS) is 18.9. The van der Waals surface area contributed by atoms with Gasteiger partial charge in [0.15, 0.2) is 0 Å². The van der Waals surface area contributed by atoms with E-state index in [1.54, 1.807) is 0 Å². The summed E-state index contributed by atoms with van der Waals surface area (Å²) in [5.74, 6) is 0. The van der Waals surface area contributed by atoms with Crippen LogP contribution in [-0.4, -0.2) is 24.0 Å². The maximum Gasteiger partial charge on any atom is 0.0408 e. The number of hydrogen-bond acceptors (Lipinski definition) is 2. The summed E-state index contributed by atoms with van der Waals surface area (Å²) in [5.41, 5.74) is 8.55. The van der Waals surface area contributed by atoms with Crippen molar-refractivity contribution in [2.24, 2.45) is 5.73 Å². The molecule has 16 heavy (non-hydrogen) atoms. The first-order valence-corrected chi connectivity index (χ1v) is 6.26. The van der Waals surface area contributed by atoms with Gasteiger partial charge in [-0.25, -0.2) is 0 Å². The van der Waals surface area contributed by atoms with E-state index < -0.39 is 0 Å². The van der Waals surface area contributed by atoms with Gasteiger partial charge in [0.05, 0.1) is 0 Å². The molecule has 0 unspecified atom stereocenters. The van der Waals surface area contributed by atoms with Gasteiger partial charge in [0, 0.05) is 17.6 Å². The topological polar surface area (TPSA) is 29.3 Å². The van der Waals surface area contributed by atoms with Crippen molar-refractivity contribution >= 4 is 11.6 Å². The van der Waals surface area contributed by atoms with Crippen LogP contribution in [0.25, 0.3) is 0 Å². The van der Waals surface area contributed by atoms with Gasteiger partial charge in [0.2, 0.25) is 0 Å². The molecule has 88 valence electrons. The molecule has 1 aromatic carbocycles. The lowest BCUT2D eigenvalue weighted by Gasteiger charge is -2.30. The second-order valence-corrected chi connectivity index (χ2v) is 5.12. The van der Waals surface area contributed by atoms with E-state index >= 15 is 0 Å². The average molecular weight is 239 g/mol. The summed E-state index contributed by atoms with van der Waals surface area (Å²) in [6.45, 7) is 5.37. The van der Waals surface area contributed by atoms with Crippen molar-refractivity contribution in [1.29, 1.82) is 0 Å². The molecule has 0 amide bonds. The summed E-state index contributed by atoms with van der Waals surface area (Å²) in [5, 5.41) is 0.821. The second-order valence-electron chi connectivity index (χ2n) is 4.68. The van der Waals surface area contributed by atoms with Crippen molar-refractivity contribution in [2.75, 3.05) is 13.1 Å². The molecule has 2 N–H and O–H groups in total. The van der Waals surface area contributed by atoms with Crippen molar-refractivity contribution in [3.63, 3.8) is 0 Å². The molecule has 2 rings (SSSR count). The Morgan fingerprint density at radius 2 is 2.06 bits per heavy atom. The van der Waals surface area contributed by atoms with E-state index in [1.807, 2.05) is 12.1 Å². The Labute approximate surface area is 102 Å². The monoisotopic (exact) mass is 238 g/mol. The molecule has 2 nitrogen and oxygen atoms in total. The van der Waals surface area contributed by atoms with Crippen molar-refractivity contribution in [3.05, 3.63) is 34.3 Å². The zero-order valence-corrected chi connectivity index (χ0v) is 10.5.